The number of anilines is 1. The number of amides is 1. The van der Waals surface area contributed by atoms with Crippen molar-refractivity contribution in [2.75, 3.05) is 44.2 Å². The quantitative estimate of drug-likeness (QED) is 0.791. The standard InChI is InChI=1S/C23H31ClN4O2/c1-3-10-28-16-20(22(29)21-19(23(28)30)9-11-25(21)4-2)27-14-12-26(13-15-27)18-7-5-17(24)6-8-18/h5-9,11,20,22,29H,3-4,10,12-16H2,1-2H3. The Morgan fingerprint density at radius 1 is 1.07 bits per heavy atom. The molecule has 2 aromatic rings. The summed E-state index contributed by atoms with van der Waals surface area (Å²) in [6.07, 6.45) is 2.15. The second kappa shape index (κ2) is 9.00. The van der Waals surface area contributed by atoms with Gasteiger partial charge in [-0.15, -0.1) is 0 Å². The van der Waals surface area contributed by atoms with Crippen LogP contribution in [0.25, 0.3) is 0 Å². The Bertz CT molecular complexity index is 874. The lowest BCUT2D eigenvalue weighted by atomic mass is 10.0. The summed E-state index contributed by atoms with van der Waals surface area (Å²) < 4.78 is 2.02. The van der Waals surface area contributed by atoms with Gasteiger partial charge in [0.15, 0.2) is 0 Å². The Balaban J connectivity index is 1.55. The number of aryl methyl sites for hydroxylation is 1. The first kappa shape index (κ1) is 21.2. The molecular weight excluding hydrogens is 400 g/mol. The van der Waals surface area contributed by atoms with Crippen molar-refractivity contribution < 1.29 is 9.90 Å². The minimum Gasteiger partial charge on any atom is -0.385 e. The summed E-state index contributed by atoms with van der Waals surface area (Å²) in [7, 11) is 0. The van der Waals surface area contributed by atoms with E-state index in [0.29, 0.717) is 18.7 Å². The first-order chi connectivity index (χ1) is 14.5. The molecule has 1 N–H and O–H groups in total. The summed E-state index contributed by atoms with van der Waals surface area (Å²) >= 11 is 6.03. The molecule has 0 aliphatic carbocycles. The molecule has 1 amide bonds. The molecule has 1 fully saturated rings. The van der Waals surface area contributed by atoms with E-state index < -0.39 is 6.10 Å². The number of benzene rings is 1. The van der Waals surface area contributed by atoms with Gasteiger partial charge in [-0.05, 0) is 43.7 Å². The van der Waals surface area contributed by atoms with Gasteiger partial charge in [0.05, 0.1) is 17.3 Å². The monoisotopic (exact) mass is 430 g/mol. The molecule has 0 bridgehead atoms. The number of nitrogens with zero attached hydrogens (tertiary/aromatic N) is 4. The van der Waals surface area contributed by atoms with Crippen LogP contribution in [-0.2, 0) is 6.54 Å². The van der Waals surface area contributed by atoms with Crippen molar-refractivity contribution in [3.63, 3.8) is 0 Å². The minimum absolute atomic E-state index is 0.0420. The van der Waals surface area contributed by atoms with Gasteiger partial charge in [0.2, 0.25) is 0 Å². The number of rotatable bonds is 5. The van der Waals surface area contributed by atoms with Gasteiger partial charge in [-0.25, -0.2) is 0 Å². The van der Waals surface area contributed by atoms with Crippen molar-refractivity contribution in [3.05, 3.63) is 52.8 Å². The lowest BCUT2D eigenvalue weighted by molar-refractivity contribution is 0.0245. The summed E-state index contributed by atoms with van der Waals surface area (Å²) in [5, 5.41) is 12.1. The van der Waals surface area contributed by atoms with Crippen molar-refractivity contribution >= 4 is 23.2 Å². The molecule has 6 nitrogen and oxygen atoms in total. The van der Waals surface area contributed by atoms with Crippen LogP contribution in [-0.4, -0.2) is 70.7 Å². The lowest BCUT2D eigenvalue weighted by Crippen LogP contribution is -2.55. The maximum absolute atomic E-state index is 13.2. The second-order valence-electron chi connectivity index (χ2n) is 8.16. The molecule has 162 valence electrons. The first-order valence-corrected chi connectivity index (χ1v) is 11.3. The summed E-state index contributed by atoms with van der Waals surface area (Å²) in [5.74, 6) is 0.0420. The lowest BCUT2D eigenvalue weighted by Gasteiger charge is -2.42. The van der Waals surface area contributed by atoms with E-state index in [9.17, 15) is 9.90 Å². The summed E-state index contributed by atoms with van der Waals surface area (Å²) in [4.78, 5) is 19.8. The van der Waals surface area contributed by atoms with Crippen LogP contribution in [0.2, 0.25) is 5.02 Å². The largest absolute Gasteiger partial charge is 0.385 e. The second-order valence-corrected chi connectivity index (χ2v) is 8.60. The van der Waals surface area contributed by atoms with Gasteiger partial charge in [0.25, 0.3) is 5.91 Å². The van der Waals surface area contributed by atoms with Gasteiger partial charge in [0, 0.05) is 62.7 Å². The van der Waals surface area contributed by atoms with E-state index in [1.54, 1.807) is 0 Å². The maximum atomic E-state index is 13.2. The van der Waals surface area contributed by atoms with Crippen LogP contribution in [0.3, 0.4) is 0 Å². The molecule has 30 heavy (non-hydrogen) atoms. The number of carbonyl (C=O) groups excluding carboxylic acids is 1. The topological polar surface area (TPSA) is 52.0 Å². The van der Waals surface area contributed by atoms with Gasteiger partial charge in [-0.3, -0.25) is 9.69 Å². The molecule has 0 saturated carbocycles. The summed E-state index contributed by atoms with van der Waals surface area (Å²) in [6.45, 7) is 9.61. The van der Waals surface area contributed by atoms with Crippen molar-refractivity contribution in [1.82, 2.24) is 14.4 Å². The SMILES string of the molecule is CCCN1CC(N2CCN(c3ccc(Cl)cc3)CC2)C(O)c2c(ccn2CC)C1=O. The van der Waals surface area contributed by atoms with E-state index in [-0.39, 0.29) is 11.9 Å². The van der Waals surface area contributed by atoms with Crippen LogP contribution in [0.15, 0.2) is 36.5 Å². The van der Waals surface area contributed by atoms with E-state index in [2.05, 4.69) is 28.9 Å². The molecule has 1 aromatic carbocycles. The van der Waals surface area contributed by atoms with Gasteiger partial charge in [-0.2, -0.15) is 0 Å². The third-order valence-electron chi connectivity index (χ3n) is 6.39. The van der Waals surface area contributed by atoms with Crippen LogP contribution in [0, 0.1) is 0 Å². The number of fused-ring (bicyclic) bond motifs is 1. The summed E-state index contributed by atoms with van der Waals surface area (Å²) in [5.41, 5.74) is 2.59. The maximum Gasteiger partial charge on any atom is 0.255 e. The van der Waals surface area contributed by atoms with Crippen molar-refractivity contribution in [2.24, 2.45) is 0 Å². The molecule has 0 radical (unpaired) electrons. The number of piperazine rings is 1. The predicted molar refractivity (Wildman–Crippen MR) is 120 cm³/mol. The normalized spacial score (nSPS) is 22.9. The Labute approximate surface area is 183 Å². The van der Waals surface area contributed by atoms with Gasteiger partial charge >= 0.3 is 0 Å². The van der Waals surface area contributed by atoms with Crippen LogP contribution < -0.4 is 4.90 Å². The number of halogens is 1. The molecule has 2 unspecified atom stereocenters. The van der Waals surface area contributed by atoms with Gasteiger partial charge < -0.3 is 19.5 Å². The highest BCUT2D eigenvalue weighted by Crippen LogP contribution is 2.32. The third-order valence-corrected chi connectivity index (χ3v) is 6.64. The highest BCUT2D eigenvalue weighted by atomic mass is 35.5. The molecule has 2 aliphatic rings. The molecule has 2 aliphatic heterocycles. The van der Waals surface area contributed by atoms with Crippen LogP contribution >= 0.6 is 11.6 Å². The minimum atomic E-state index is -0.678. The molecule has 1 saturated heterocycles. The average Bonchev–Trinajstić information content (AvgIpc) is 3.17. The zero-order chi connectivity index (χ0) is 21.3. The fourth-order valence-corrected chi connectivity index (χ4v) is 4.90. The van der Waals surface area contributed by atoms with Crippen LogP contribution in [0.4, 0.5) is 5.69 Å². The molecule has 0 spiro atoms. The zero-order valence-corrected chi connectivity index (χ0v) is 18.6. The fraction of sp³-hybridized carbons (Fsp3) is 0.522. The number of carbonyl (C=O) groups is 1. The molecular formula is C23H31ClN4O2. The highest BCUT2D eigenvalue weighted by Gasteiger charge is 2.39. The van der Waals surface area contributed by atoms with E-state index in [0.717, 1.165) is 49.9 Å². The van der Waals surface area contributed by atoms with Gasteiger partial charge in [0.1, 0.15) is 6.10 Å². The van der Waals surface area contributed by atoms with Crippen molar-refractivity contribution in [2.45, 2.75) is 39.0 Å². The van der Waals surface area contributed by atoms with E-state index >= 15 is 0 Å². The number of aromatic nitrogens is 1. The van der Waals surface area contributed by atoms with E-state index in [1.807, 2.05) is 40.8 Å². The fourth-order valence-electron chi connectivity index (χ4n) is 4.77. The molecule has 4 rings (SSSR count). The Morgan fingerprint density at radius 3 is 2.40 bits per heavy atom. The van der Waals surface area contributed by atoms with Crippen LogP contribution in [0.1, 0.15) is 42.4 Å². The number of hydrogen-bond donors (Lipinski definition) is 1. The zero-order valence-electron chi connectivity index (χ0n) is 17.8. The Hall–Kier alpha value is -2.02. The van der Waals surface area contributed by atoms with Gasteiger partial charge in [-0.1, -0.05) is 18.5 Å². The molecule has 2 atom stereocenters. The third kappa shape index (κ3) is 3.96. The number of hydrogen-bond acceptors (Lipinski definition) is 4. The van der Waals surface area contributed by atoms with Crippen LogP contribution in [0.5, 0.6) is 0 Å². The first-order valence-electron chi connectivity index (χ1n) is 10.9. The van der Waals surface area contributed by atoms with E-state index in [1.165, 1.54) is 5.69 Å². The highest BCUT2D eigenvalue weighted by molar-refractivity contribution is 6.30. The number of aliphatic hydroxyl groups excluding tert-OH is 1. The Kier molecular flexibility index (Phi) is 6.37. The predicted octanol–water partition coefficient (Wildman–Crippen LogP) is 3.25. The molecule has 7 heteroatoms. The smallest absolute Gasteiger partial charge is 0.255 e. The number of aliphatic hydroxyl groups is 1. The Morgan fingerprint density at radius 2 is 1.77 bits per heavy atom. The average molecular weight is 431 g/mol. The molecule has 3 heterocycles. The van der Waals surface area contributed by atoms with Crippen molar-refractivity contribution in [3.8, 4) is 0 Å². The molecule has 1 aromatic heterocycles. The van der Waals surface area contributed by atoms with E-state index in [4.69, 9.17) is 11.6 Å². The summed E-state index contributed by atoms with van der Waals surface area (Å²) in [6, 6.07) is 9.73. The van der Waals surface area contributed by atoms with Crippen molar-refractivity contribution in [1.29, 1.82) is 0 Å².